The van der Waals surface area contributed by atoms with Gasteiger partial charge in [0.1, 0.15) is 5.69 Å². The standard InChI is InChI=1S/C11H14ClN3O3/c1-8(12)7-13-11(17)9-3-4-10(16)15(14-9)5-6-18-2/h3-4H,1,5-7H2,2H3,(H,13,17). The quantitative estimate of drug-likeness (QED) is 0.811. The average Bonchev–Trinajstić information content (AvgIpc) is 2.35. The van der Waals surface area contributed by atoms with Crippen LogP contribution in [0, 0.1) is 0 Å². The van der Waals surface area contributed by atoms with Crippen LogP contribution < -0.4 is 10.9 Å². The van der Waals surface area contributed by atoms with Gasteiger partial charge in [0.25, 0.3) is 11.5 Å². The molecule has 6 nitrogen and oxygen atoms in total. The normalized spacial score (nSPS) is 10.1. The van der Waals surface area contributed by atoms with Gasteiger partial charge in [-0.05, 0) is 6.07 Å². The van der Waals surface area contributed by atoms with Crippen molar-refractivity contribution in [1.82, 2.24) is 15.1 Å². The topological polar surface area (TPSA) is 73.2 Å². The van der Waals surface area contributed by atoms with Crippen LogP contribution in [0.1, 0.15) is 10.5 Å². The number of hydrogen-bond donors (Lipinski definition) is 1. The molecule has 0 bridgehead atoms. The number of rotatable bonds is 6. The minimum Gasteiger partial charge on any atom is -0.383 e. The molecular formula is C11H14ClN3O3. The maximum atomic E-state index is 11.7. The number of nitrogens with zero attached hydrogens (tertiary/aromatic N) is 2. The molecule has 0 saturated heterocycles. The van der Waals surface area contributed by atoms with Crippen molar-refractivity contribution in [1.29, 1.82) is 0 Å². The molecule has 18 heavy (non-hydrogen) atoms. The second-order valence-corrected chi connectivity index (χ2v) is 4.01. The van der Waals surface area contributed by atoms with Crippen molar-refractivity contribution >= 4 is 17.5 Å². The molecule has 0 aliphatic carbocycles. The van der Waals surface area contributed by atoms with Crippen LogP contribution >= 0.6 is 11.6 Å². The number of carbonyl (C=O) groups excluding carboxylic acids is 1. The molecule has 0 aromatic carbocycles. The van der Waals surface area contributed by atoms with E-state index in [0.717, 1.165) is 0 Å². The molecule has 7 heteroatoms. The lowest BCUT2D eigenvalue weighted by Crippen LogP contribution is -2.30. The molecule has 1 N–H and O–H groups in total. The van der Waals surface area contributed by atoms with Gasteiger partial charge < -0.3 is 10.1 Å². The highest BCUT2D eigenvalue weighted by Gasteiger charge is 2.09. The number of amides is 1. The first-order valence-corrected chi connectivity index (χ1v) is 5.61. The van der Waals surface area contributed by atoms with Gasteiger partial charge in [0.2, 0.25) is 0 Å². The fraction of sp³-hybridized carbons (Fsp3) is 0.364. The van der Waals surface area contributed by atoms with Crippen molar-refractivity contribution in [3.05, 3.63) is 39.8 Å². The minimum atomic E-state index is -0.414. The van der Waals surface area contributed by atoms with Crippen LogP contribution in [-0.2, 0) is 11.3 Å². The Balaban J connectivity index is 2.80. The molecule has 0 unspecified atom stereocenters. The molecule has 0 radical (unpaired) electrons. The van der Waals surface area contributed by atoms with E-state index in [0.29, 0.717) is 18.2 Å². The van der Waals surface area contributed by atoms with Gasteiger partial charge in [0.15, 0.2) is 0 Å². The zero-order valence-corrected chi connectivity index (χ0v) is 10.7. The van der Waals surface area contributed by atoms with Gasteiger partial charge in [-0.2, -0.15) is 5.10 Å². The molecular weight excluding hydrogens is 258 g/mol. The molecule has 1 amide bonds. The molecule has 0 aliphatic heterocycles. The zero-order valence-electron chi connectivity index (χ0n) is 9.98. The van der Waals surface area contributed by atoms with Crippen molar-refractivity contribution in [2.24, 2.45) is 0 Å². The SMILES string of the molecule is C=C(Cl)CNC(=O)c1ccc(=O)n(CCOC)n1. The van der Waals surface area contributed by atoms with Crippen molar-refractivity contribution in [3.8, 4) is 0 Å². The van der Waals surface area contributed by atoms with Gasteiger partial charge in [0.05, 0.1) is 19.7 Å². The Bertz CT molecular complexity index is 499. The Hall–Kier alpha value is -1.66. The van der Waals surface area contributed by atoms with Crippen LogP contribution in [0.15, 0.2) is 28.5 Å². The molecule has 0 saturated carbocycles. The van der Waals surface area contributed by atoms with Crippen LogP contribution in [0.3, 0.4) is 0 Å². The number of nitrogens with one attached hydrogen (secondary N) is 1. The number of methoxy groups -OCH3 is 1. The summed E-state index contributed by atoms with van der Waals surface area (Å²) < 4.78 is 6.03. The van der Waals surface area contributed by atoms with E-state index in [1.54, 1.807) is 0 Å². The predicted octanol–water partition coefficient (Wildman–Crippen LogP) is 0.372. The molecule has 1 heterocycles. The minimum absolute atomic E-state index is 0.142. The van der Waals surface area contributed by atoms with Crippen LogP contribution in [0.4, 0.5) is 0 Å². The zero-order chi connectivity index (χ0) is 13.5. The third-order valence-corrected chi connectivity index (χ3v) is 2.18. The van der Waals surface area contributed by atoms with E-state index in [4.69, 9.17) is 16.3 Å². The Morgan fingerprint density at radius 1 is 1.61 bits per heavy atom. The van der Waals surface area contributed by atoms with E-state index in [2.05, 4.69) is 17.0 Å². The van der Waals surface area contributed by atoms with E-state index in [1.807, 2.05) is 0 Å². The summed E-state index contributed by atoms with van der Waals surface area (Å²) in [4.78, 5) is 23.1. The lowest BCUT2D eigenvalue weighted by atomic mass is 10.3. The Morgan fingerprint density at radius 2 is 2.33 bits per heavy atom. The van der Waals surface area contributed by atoms with Gasteiger partial charge in [-0.1, -0.05) is 18.2 Å². The lowest BCUT2D eigenvalue weighted by molar-refractivity contribution is 0.0949. The van der Waals surface area contributed by atoms with Gasteiger partial charge in [-0.3, -0.25) is 9.59 Å². The van der Waals surface area contributed by atoms with Gasteiger partial charge in [-0.15, -0.1) is 0 Å². The Morgan fingerprint density at radius 3 is 2.94 bits per heavy atom. The summed E-state index contributed by atoms with van der Waals surface area (Å²) in [6, 6.07) is 2.64. The largest absolute Gasteiger partial charge is 0.383 e. The summed E-state index contributed by atoms with van der Waals surface area (Å²) in [6.45, 7) is 4.24. The van der Waals surface area contributed by atoms with Crippen molar-refractivity contribution in [2.75, 3.05) is 20.3 Å². The molecule has 0 aliphatic rings. The summed E-state index contributed by atoms with van der Waals surface area (Å²) in [5.41, 5.74) is -0.144. The highest BCUT2D eigenvalue weighted by molar-refractivity contribution is 6.29. The van der Waals surface area contributed by atoms with Crippen LogP contribution in [0.5, 0.6) is 0 Å². The third kappa shape index (κ3) is 4.31. The lowest BCUT2D eigenvalue weighted by Gasteiger charge is -2.06. The van der Waals surface area contributed by atoms with Gasteiger partial charge >= 0.3 is 0 Å². The fourth-order valence-electron chi connectivity index (χ4n) is 1.17. The second kappa shape index (κ2) is 6.93. The van der Waals surface area contributed by atoms with E-state index < -0.39 is 5.91 Å². The first kappa shape index (κ1) is 14.4. The second-order valence-electron chi connectivity index (χ2n) is 3.47. The number of ether oxygens (including phenoxy) is 1. The van der Waals surface area contributed by atoms with Crippen LogP contribution in [-0.4, -0.2) is 35.9 Å². The maximum absolute atomic E-state index is 11.7. The molecule has 1 aromatic heterocycles. The summed E-state index contributed by atoms with van der Waals surface area (Å²) >= 11 is 5.53. The predicted molar refractivity (Wildman–Crippen MR) is 67.7 cm³/mol. The number of halogens is 1. The number of hydrogen-bond acceptors (Lipinski definition) is 4. The molecule has 1 aromatic rings. The monoisotopic (exact) mass is 271 g/mol. The fourth-order valence-corrected chi connectivity index (χ4v) is 1.24. The first-order chi connectivity index (χ1) is 8.54. The first-order valence-electron chi connectivity index (χ1n) is 5.23. The summed E-state index contributed by atoms with van der Waals surface area (Å²) in [6.07, 6.45) is 0. The van der Waals surface area contributed by atoms with Crippen LogP contribution in [0.25, 0.3) is 0 Å². The summed E-state index contributed by atoms with van der Waals surface area (Å²) in [5.74, 6) is -0.414. The molecule has 98 valence electrons. The highest BCUT2D eigenvalue weighted by atomic mass is 35.5. The van der Waals surface area contributed by atoms with Crippen LogP contribution in [0.2, 0.25) is 0 Å². The van der Waals surface area contributed by atoms with Gasteiger partial charge in [0, 0.05) is 18.2 Å². The van der Waals surface area contributed by atoms with Crippen molar-refractivity contribution < 1.29 is 9.53 Å². The molecule has 0 spiro atoms. The average molecular weight is 272 g/mol. The maximum Gasteiger partial charge on any atom is 0.272 e. The van der Waals surface area contributed by atoms with E-state index in [9.17, 15) is 9.59 Å². The molecule has 0 atom stereocenters. The third-order valence-electron chi connectivity index (χ3n) is 2.05. The Labute approximate surface area is 109 Å². The highest BCUT2D eigenvalue weighted by Crippen LogP contribution is 1.95. The summed E-state index contributed by atoms with van der Waals surface area (Å²) in [7, 11) is 1.52. The molecule has 1 rings (SSSR count). The van der Waals surface area contributed by atoms with Gasteiger partial charge in [-0.25, -0.2) is 4.68 Å². The Kier molecular flexibility index (Phi) is 5.54. The van der Waals surface area contributed by atoms with Crippen molar-refractivity contribution in [3.63, 3.8) is 0 Å². The number of aromatic nitrogens is 2. The van der Waals surface area contributed by atoms with E-state index in [1.165, 1.54) is 23.9 Å². The summed E-state index contributed by atoms with van der Waals surface area (Å²) in [5, 5.41) is 6.76. The smallest absolute Gasteiger partial charge is 0.272 e. The van der Waals surface area contributed by atoms with E-state index in [-0.39, 0.29) is 17.8 Å². The molecule has 0 fully saturated rings. The van der Waals surface area contributed by atoms with Crippen molar-refractivity contribution in [2.45, 2.75) is 6.54 Å². The number of carbonyl (C=O) groups is 1. The van der Waals surface area contributed by atoms with E-state index >= 15 is 0 Å².